The van der Waals surface area contributed by atoms with Crippen LogP contribution in [0.2, 0.25) is 0 Å². The second-order valence-electron chi connectivity index (χ2n) is 7.18. The molecular weight excluding hydrogens is 368 g/mol. The average molecular weight is 389 g/mol. The summed E-state index contributed by atoms with van der Waals surface area (Å²) in [5, 5.41) is 5.73. The Morgan fingerprint density at radius 1 is 1.29 bits per heavy atom. The van der Waals surface area contributed by atoms with Crippen molar-refractivity contribution in [1.29, 1.82) is 0 Å². The predicted octanol–water partition coefficient (Wildman–Crippen LogP) is 4.27. The number of nitrogens with one attached hydrogen (secondary N) is 2. The van der Waals surface area contributed by atoms with Gasteiger partial charge in [0.1, 0.15) is 11.3 Å². The van der Waals surface area contributed by atoms with E-state index in [0.29, 0.717) is 16.6 Å². The molecule has 0 amide bonds. The molecule has 126 valence electrons. The van der Waals surface area contributed by atoms with Gasteiger partial charge in [-0.1, -0.05) is 36.7 Å². The Bertz CT molecular complexity index is 988. The molecule has 0 aliphatic carbocycles. The van der Waals surface area contributed by atoms with Crippen molar-refractivity contribution in [3.8, 4) is 0 Å². The van der Waals surface area contributed by atoms with Crippen molar-refractivity contribution in [2.75, 3.05) is 11.1 Å². The summed E-state index contributed by atoms with van der Waals surface area (Å²) in [6.07, 6.45) is 1.50. The number of anilines is 2. The lowest BCUT2D eigenvalue weighted by atomic mass is 9.88. The van der Waals surface area contributed by atoms with Gasteiger partial charge in [0.25, 0.3) is 5.56 Å². The van der Waals surface area contributed by atoms with Crippen LogP contribution in [0, 0.1) is 5.41 Å². The van der Waals surface area contributed by atoms with Crippen molar-refractivity contribution in [2.45, 2.75) is 33.7 Å². The third-order valence-corrected chi connectivity index (χ3v) is 4.97. The van der Waals surface area contributed by atoms with E-state index in [9.17, 15) is 4.79 Å². The third kappa shape index (κ3) is 2.86. The molecular formula is C18H21BrN4O. The van der Waals surface area contributed by atoms with Gasteiger partial charge in [0, 0.05) is 27.5 Å². The fraction of sp³-hybridized carbons (Fsp3) is 0.333. The Balaban J connectivity index is 2.37. The maximum atomic E-state index is 12.4. The van der Waals surface area contributed by atoms with Crippen molar-refractivity contribution >= 4 is 49.1 Å². The highest BCUT2D eigenvalue weighted by atomic mass is 79.9. The van der Waals surface area contributed by atoms with Crippen molar-refractivity contribution in [3.05, 3.63) is 39.2 Å². The lowest BCUT2D eigenvalue weighted by Gasteiger charge is -2.29. The Morgan fingerprint density at radius 2 is 2.00 bits per heavy atom. The third-order valence-electron chi connectivity index (χ3n) is 4.48. The highest BCUT2D eigenvalue weighted by molar-refractivity contribution is 9.10. The molecule has 1 aromatic carbocycles. The summed E-state index contributed by atoms with van der Waals surface area (Å²) >= 11 is 3.48. The second kappa shape index (κ2) is 5.77. The fourth-order valence-electron chi connectivity index (χ4n) is 2.54. The van der Waals surface area contributed by atoms with Crippen LogP contribution in [0.4, 0.5) is 11.5 Å². The largest absolute Gasteiger partial charge is 0.396 e. The summed E-state index contributed by atoms with van der Waals surface area (Å²) < 4.78 is 0.902. The Hall–Kier alpha value is -2.08. The highest BCUT2D eigenvalue weighted by Crippen LogP contribution is 2.33. The van der Waals surface area contributed by atoms with Gasteiger partial charge in [0.2, 0.25) is 0 Å². The predicted molar refractivity (Wildman–Crippen MR) is 105 cm³/mol. The maximum absolute atomic E-state index is 12.4. The molecule has 1 unspecified atom stereocenters. The van der Waals surface area contributed by atoms with Gasteiger partial charge in [0.15, 0.2) is 0 Å². The van der Waals surface area contributed by atoms with E-state index in [1.54, 1.807) is 0 Å². The number of benzene rings is 1. The molecule has 4 N–H and O–H groups in total. The number of nitrogens with zero attached hydrogens (tertiary/aromatic N) is 1. The number of hydrogen-bond donors (Lipinski definition) is 3. The molecule has 2 aromatic heterocycles. The molecule has 5 nitrogen and oxygen atoms in total. The van der Waals surface area contributed by atoms with Crippen molar-refractivity contribution in [2.24, 2.45) is 5.41 Å². The van der Waals surface area contributed by atoms with Crippen LogP contribution in [0.5, 0.6) is 0 Å². The minimum atomic E-state index is -0.190. The molecule has 0 spiro atoms. The number of pyridine rings is 2. The molecule has 3 aromatic rings. The first kappa shape index (κ1) is 16.8. The molecule has 6 heteroatoms. The van der Waals surface area contributed by atoms with Gasteiger partial charge in [-0.3, -0.25) is 4.79 Å². The van der Waals surface area contributed by atoms with Crippen molar-refractivity contribution in [1.82, 2.24) is 9.97 Å². The van der Waals surface area contributed by atoms with Crippen LogP contribution >= 0.6 is 15.9 Å². The number of aromatic nitrogens is 2. The summed E-state index contributed by atoms with van der Waals surface area (Å²) in [5.74, 6) is 0.740. The van der Waals surface area contributed by atoms with Gasteiger partial charge in [0.05, 0.1) is 11.1 Å². The van der Waals surface area contributed by atoms with Crippen molar-refractivity contribution < 1.29 is 0 Å². The maximum Gasteiger partial charge on any atom is 0.258 e. The Labute approximate surface area is 148 Å². The SMILES string of the molecule is CC(Nc1nc2c(N)c[nH]c(=O)c2c2cc(Br)ccc12)C(C)(C)C. The zero-order valence-corrected chi connectivity index (χ0v) is 15.8. The van der Waals surface area contributed by atoms with E-state index in [1.807, 2.05) is 18.2 Å². The standard InChI is InChI=1S/C18H21BrN4O/c1-9(18(2,3)4)22-16-11-6-5-10(19)7-12(11)14-15(23-16)13(20)8-21-17(14)24/h5-9H,20H2,1-4H3,(H,21,24)(H,22,23). The molecule has 0 aliphatic heterocycles. The van der Waals surface area contributed by atoms with E-state index in [0.717, 1.165) is 21.1 Å². The summed E-state index contributed by atoms with van der Waals surface area (Å²) in [7, 11) is 0. The van der Waals surface area contributed by atoms with Crippen LogP contribution in [-0.2, 0) is 0 Å². The summed E-state index contributed by atoms with van der Waals surface area (Å²) in [5.41, 5.74) is 6.92. The van der Waals surface area contributed by atoms with E-state index in [-0.39, 0.29) is 17.0 Å². The number of rotatable bonds is 2. The van der Waals surface area contributed by atoms with E-state index in [1.165, 1.54) is 6.20 Å². The lowest BCUT2D eigenvalue weighted by Crippen LogP contribution is -2.31. The minimum Gasteiger partial charge on any atom is -0.396 e. The number of halogens is 1. The van der Waals surface area contributed by atoms with Crippen LogP contribution in [0.3, 0.4) is 0 Å². The quantitative estimate of drug-likeness (QED) is 0.572. The zero-order valence-electron chi connectivity index (χ0n) is 14.2. The van der Waals surface area contributed by atoms with Gasteiger partial charge in [-0.15, -0.1) is 0 Å². The van der Waals surface area contributed by atoms with Crippen LogP contribution in [-0.4, -0.2) is 16.0 Å². The first-order chi connectivity index (χ1) is 11.2. The summed E-state index contributed by atoms with van der Waals surface area (Å²) in [4.78, 5) is 19.7. The number of H-pyrrole nitrogens is 1. The van der Waals surface area contributed by atoms with Crippen LogP contribution in [0.25, 0.3) is 21.7 Å². The molecule has 0 saturated carbocycles. The smallest absolute Gasteiger partial charge is 0.258 e. The van der Waals surface area contributed by atoms with E-state index < -0.39 is 0 Å². The first-order valence-electron chi connectivity index (χ1n) is 7.85. The molecule has 1 atom stereocenters. The van der Waals surface area contributed by atoms with Gasteiger partial charge in [-0.25, -0.2) is 4.98 Å². The molecule has 2 heterocycles. The molecule has 0 bridgehead atoms. The van der Waals surface area contributed by atoms with Crippen LogP contribution in [0.1, 0.15) is 27.7 Å². The van der Waals surface area contributed by atoms with Crippen LogP contribution < -0.4 is 16.6 Å². The summed E-state index contributed by atoms with van der Waals surface area (Å²) in [6, 6.07) is 6.04. The van der Waals surface area contributed by atoms with Gasteiger partial charge in [-0.2, -0.15) is 0 Å². The molecule has 3 rings (SSSR count). The normalized spacial score (nSPS) is 13.4. The highest BCUT2D eigenvalue weighted by Gasteiger charge is 2.22. The number of fused-ring (bicyclic) bond motifs is 3. The Morgan fingerprint density at radius 3 is 2.67 bits per heavy atom. The monoisotopic (exact) mass is 388 g/mol. The molecule has 0 fully saturated rings. The molecule has 24 heavy (non-hydrogen) atoms. The van der Waals surface area contributed by atoms with Gasteiger partial charge < -0.3 is 16.0 Å². The van der Waals surface area contributed by atoms with E-state index in [2.05, 4.69) is 58.9 Å². The summed E-state index contributed by atoms with van der Waals surface area (Å²) in [6.45, 7) is 8.63. The molecule has 0 radical (unpaired) electrons. The Kier molecular flexibility index (Phi) is 4.03. The van der Waals surface area contributed by atoms with Crippen molar-refractivity contribution in [3.63, 3.8) is 0 Å². The second-order valence-corrected chi connectivity index (χ2v) is 8.09. The minimum absolute atomic E-state index is 0.0675. The zero-order chi connectivity index (χ0) is 17.6. The van der Waals surface area contributed by atoms with E-state index >= 15 is 0 Å². The fourth-order valence-corrected chi connectivity index (χ4v) is 2.90. The van der Waals surface area contributed by atoms with Crippen LogP contribution in [0.15, 0.2) is 33.7 Å². The van der Waals surface area contributed by atoms with E-state index in [4.69, 9.17) is 5.73 Å². The number of nitrogen functional groups attached to an aromatic ring is 1. The number of aromatic amines is 1. The lowest BCUT2D eigenvalue weighted by molar-refractivity contribution is 0.359. The van der Waals surface area contributed by atoms with Gasteiger partial charge >= 0.3 is 0 Å². The number of hydrogen-bond acceptors (Lipinski definition) is 4. The van der Waals surface area contributed by atoms with Gasteiger partial charge in [-0.05, 0) is 30.5 Å². The molecule has 0 aliphatic rings. The topological polar surface area (TPSA) is 83.8 Å². The average Bonchev–Trinajstić information content (AvgIpc) is 2.49. The first-order valence-corrected chi connectivity index (χ1v) is 8.64. The molecule has 0 saturated heterocycles. The number of nitrogens with two attached hydrogens (primary N) is 1.